The van der Waals surface area contributed by atoms with Crippen LogP contribution in [-0.2, 0) is 9.59 Å². The molecule has 0 radical (unpaired) electrons. The third-order valence-corrected chi connectivity index (χ3v) is 3.30. The molecule has 4 heteroatoms. The van der Waals surface area contributed by atoms with Crippen molar-refractivity contribution < 1.29 is 14.3 Å². The standard InChI is InChI=1S/C14H17NO3/c1-3-18-11-6-4-10(5-7-11)12-8-13(16)15-14(17)9(12)2/h4-7,9,12H,3,8H2,1-2H3,(H,15,16,17). The molecule has 0 spiro atoms. The first-order valence-electron chi connectivity index (χ1n) is 6.18. The van der Waals surface area contributed by atoms with Crippen LogP contribution in [0.2, 0.25) is 0 Å². The van der Waals surface area contributed by atoms with Gasteiger partial charge in [-0.2, -0.15) is 0 Å². The van der Waals surface area contributed by atoms with Crippen molar-refractivity contribution in [1.82, 2.24) is 5.32 Å². The summed E-state index contributed by atoms with van der Waals surface area (Å²) in [6.45, 7) is 4.41. The molecule has 0 aromatic heterocycles. The van der Waals surface area contributed by atoms with Gasteiger partial charge in [0.15, 0.2) is 0 Å². The Balaban J connectivity index is 2.19. The summed E-state index contributed by atoms with van der Waals surface area (Å²) < 4.78 is 5.37. The number of imide groups is 1. The van der Waals surface area contributed by atoms with Gasteiger partial charge in [0.25, 0.3) is 0 Å². The highest BCUT2D eigenvalue weighted by Gasteiger charge is 2.33. The summed E-state index contributed by atoms with van der Waals surface area (Å²) in [4.78, 5) is 23.0. The molecule has 18 heavy (non-hydrogen) atoms. The first-order valence-corrected chi connectivity index (χ1v) is 6.18. The van der Waals surface area contributed by atoms with Gasteiger partial charge in [-0.25, -0.2) is 0 Å². The summed E-state index contributed by atoms with van der Waals surface area (Å²) in [6, 6.07) is 7.61. The average molecular weight is 247 g/mol. The minimum Gasteiger partial charge on any atom is -0.494 e. The number of amides is 2. The van der Waals surface area contributed by atoms with Crippen molar-refractivity contribution in [3.05, 3.63) is 29.8 Å². The van der Waals surface area contributed by atoms with E-state index in [1.807, 2.05) is 38.1 Å². The zero-order valence-electron chi connectivity index (χ0n) is 10.6. The summed E-state index contributed by atoms with van der Waals surface area (Å²) in [5.74, 6) is 0.199. The Labute approximate surface area is 106 Å². The van der Waals surface area contributed by atoms with E-state index >= 15 is 0 Å². The number of hydrogen-bond acceptors (Lipinski definition) is 3. The Morgan fingerprint density at radius 2 is 1.94 bits per heavy atom. The van der Waals surface area contributed by atoms with Crippen molar-refractivity contribution in [2.75, 3.05) is 6.61 Å². The number of benzene rings is 1. The number of hydrogen-bond donors (Lipinski definition) is 1. The lowest BCUT2D eigenvalue weighted by Gasteiger charge is -2.27. The normalized spacial score (nSPS) is 23.7. The van der Waals surface area contributed by atoms with Crippen LogP contribution in [0.25, 0.3) is 0 Å². The van der Waals surface area contributed by atoms with E-state index in [4.69, 9.17) is 4.74 Å². The summed E-state index contributed by atoms with van der Waals surface area (Å²) in [5, 5.41) is 2.36. The van der Waals surface area contributed by atoms with Crippen LogP contribution >= 0.6 is 0 Å². The maximum Gasteiger partial charge on any atom is 0.230 e. The molecular weight excluding hydrogens is 230 g/mol. The van der Waals surface area contributed by atoms with E-state index in [0.29, 0.717) is 13.0 Å². The van der Waals surface area contributed by atoms with Crippen LogP contribution in [0.3, 0.4) is 0 Å². The van der Waals surface area contributed by atoms with Gasteiger partial charge in [0.2, 0.25) is 11.8 Å². The highest BCUT2D eigenvalue weighted by Crippen LogP contribution is 2.31. The van der Waals surface area contributed by atoms with Crippen LogP contribution in [0.4, 0.5) is 0 Å². The van der Waals surface area contributed by atoms with Crippen molar-refractivity contribution in [2.45, 2.75) is 26.2 Å². The van der Waals surface area contributed by atoms with Crippen molar-refractivity contribution >= 4 is 11.8 Å². The van der Waals surface area contributed by atoms with Crippen molar-refractivity contribution in [2.24, 2.45) is 5.92 Å². The predicted molar refractivity (Wildman–Crippen MR) is 67.3 cm³/mol. The van der Waals surface area contributed by atoms with E-state index in [0.717, 1.165) is 11.3 Å². The average Bonchev–Trinajstić information content (AvgIpc) is 2.35. The lowest BCUT2D eigenvalue weighted by atomic mass is 9.81. The Morgan fingerprint density at radius 3 is 2.56 bits per heavy atom. The second kappa shape index (κ2) is 5.21. The number of ether oxygens (including phenoxy) is 1. The molecule has 0 saturated carbocycles. The van der Waals surface area contributed by atoms with E-state index in [-0.39, 0.29) is 23.7 Å². The van der Waals surface area contributed by atoms with Gasteiger partial charge in [-0.05, 0) is 24.6 Å². The van der Waals surface area contributed by atoms with Crippen LogP contribution in [0.5, 0.6) is 5.75 Å². The van der Waals surface area contributed by atoms with E-state index in [9.17, 15) is 9.59 Å². The summed E-state index contributed by atoms with van der Waals surface area (Å²) >= 11 is 0. The maximum atomic E-state index is 11.6. The minimum absolute atomic E-state index is 0.0399. The Bertz CT molecular complexity index is 453. The zero-order valence-corrected chi connectivity index (χ0v) is 10.6. The van der Waals surface area contributed by atoms with Crippen LogP contribution in [-0.4, -0.2) is 18.4 Å². The molecule has 2 rings (SSSR count). The third-order valence-electron chi connectivity index (χ3n) is 3.30. The molecule has 1 aromatic carbocycles. The Morgan fingerprint density at radius 1 is 1.28 bits per heavy atom. The number of carbonyl (C=O) groups excluding carboxylic acids is 2. The molecule has 1 aliphatic heterocycles. The van der Waals surface area contributed by atoms with Gasteiger partial charge in [0.1, 0.15) is 5.75 Å². The summed E-state index contributed by atoms with van der Waals surface area (Å²) in [7, 11) is 0. The maximum absolute atomic E-state index is 11.6. The molecule has 4 nitrogen and oxygen atoms in total. The third kappa shape index (κ3) is 2.53. The summed E-state index contributed by atoms with van der Waals surface area (Å²) in [6.07, 6.45) is 0.362. The van der Waals surface area contributed by atoms with Crippen LogP contribution in [0, 0.1) is 5.92 Å². The fourth-order valence-corrected chi connectivity index (χ4v) is 2.25. The highest BCUT2D eigenvalue weighted by atomic mass is 16.5. The fraction of sp³-hybridized carbons (Fsp3) is 0.429. The first kappa shape index (κ1) is 12.6. The lowest BCUT2D eigenvalue weighted by molar-refractivity contribution is -0.136. The molecule has 2 atom stereocenters. The number of piperidine rings is 1. The van der Waals surface area contributed by atoms with Gasteiger partial charge < -0.3 is 4.74 Å². The fourth-order valence-electron chi connectivity index (χ4n) is 2.25. The monoisotopic (exact) mass is 247 g/mol. The predicted octanol–water partition coefficient (Wildman–Crippen LogP) is 1.85. The largest absolute Gasteiger partial charge is 0.494 e. The van der Waals surface area contributed by atoms with Gasteiger partial charge in [-0.15, -0.1) is 0 Å². The molecule has 1 fully saturated rings. The van der Waals surface area contributed by atoms with Gasteiger partial charge >= 0.3 is 0 Å². The van der Waals surface area contributed by atoms with Crippen molar-refractivity contribution in [1.29, 1.82) is 0 Å². The van der Waals surface area contributed by atoms with Crippen LogP contribution < -0.4 is 10.1 Å². The molecule has 0 aliphatic carbocycles. The van der Waals surface area contributed by atoms with Gasteiger partial charge in [0.05, 0.1) is 6.61 Å². The van der Waals surface area contributed by atoms with E-state index in [1.54, 1.807) is 0 Å². The van der Waals surface area contributed by atoms with Crippen molar-refractivity contribution in [3.63, 3.8) is 0 Å². The second-order valence-electron chi connectivity index (χ2n) is 4.51. The van der Waals surface area contributed by atoms with Crippen LogP contribution in [0.1, 0.15) is 31.7 Å². The highest BCUT2D eigenvalue weighted by molar-refractivity contribution is 5.99. The molecule has 1 N–H and O–H groups in total. The lowest BCUT2D eigenvalue weighted by Crippen LogP contribution is -2.43. The second-order valence-corrected chi connectivity index (χ2v) is 4.51. The molecule has 2 amide bonds. The van der Waals surface area contributed by atoms with Crippen LogP contribution in [0.15, 0.2) is 24.3 Å². The molecule has 96 valence electrons. The topological polar surface area (TPSA) is 55.4 Å². The van der Waals surface area contributed by atoms with Gasteiger partial charge in [-0.1, -0.05) is 19.1 Å². The molecule has 1 heterocycles. The van der Waals surface area contributed by atoms with E-state index in [1.165, 1.54) is 0 Å². The number of rotatable bonds is 3. The summed E-state index contributed by atoms with van der Waals surface area (Å²) in [5.41, 5.74) is 1.01. The molecule has 0 bridgehead atoms. The molecule has 1 aliphatic rings. The van der Waals surface area contributed by atoms with Crippen molar-refractivity contribution in [3.8, 4) is 5.75 Å². The van der Waals surface area contributed by atoms with E-state index < -0.39 is 0 Å². The zero-order chi connectivity index (χ0) is 13.1. The molecule has 2 unspecified atom stereocenters. The molecule has 1 saturated heterocycles. The van der Waals surface area contributed by atoms with E-state index in [2.05, 4.69) is 5.32 Å². The number of carbonyl (C=O) groups is 2. The van der Waals surface area contributed by atoms with Gasteiger partial charge in [0, 0.05) is 18.3 Å². The van der Waals surface area contributed by atoms with Gasteiger partial charge in [-0.3, -0.25) is 14.9 Å². The first-order chi connectivity index (χ1) is 8.61. The minimum atomic E-state index is -0.197. The number of nitrogens with one attached hydrogen (secondary N) is 1. The molecule has 1 aromatic rings. The Hall–Kier alpha value is -1.84. The SMILES string of the molecule is CCOc1ccc(C2CC(=O)NC(=O)C2C)cc1. The smallest absolute Gasteiger partial charge is 0.230 e. The quantitative estimate of drug-likeness (QED) is 0.829. The Kier molecular flexibility index (Phi) is 3.65. The molecular formula is C14H17NO3.